The van der Waals surface area contributed by atoms with Crippen molar-refractivity contribution < 1.29 is 4.79 Å². The summed E-state index contributed by atoms with van der Waals surface area (Å²) in [5, 5.41) is 0. The average molecular weight is 185 g/mol. The van der Waals surface area contributed by atoms with Gasteiger partial charge in [0.15, 0.2) is 0 Å². The Morgan fingerprint density at radius 2 is 1.85 bits per heavy atom. The van der Waals surface area contributed by atoms with Crippen LogP contribution >= 0.6 is 0 Å². The molecule has 2 heteroatoms. The zero-order valence-corrected chi connectivity index (χ0v) is 9.63. The number of nitrogens with zero attached hydrogens (tertiary/aromatic N) is 1. The SMILES string of the molecule is CCC(C)CN(C)CC(=O)C(C)C. The molecule has 0 heterocycles. The molecule has 0 rings (SSSR count). The lowest BCUT2D eigenvalue weighted by Crippen LogP contribution is -2.31. The van der Waals surface area contributed by atoms with Crippen molar-refractivity contribution in [1.82, 2.24) is 4.90 Å². The number of ketones is 1. The summed E-state index contributed by atoms with van der Waals surface area (Å²) in [5.74, 6) is 1.19. The third-order valence-corrected chi connectivity index (χ3v) is 2.39. The van der Waals surface area contributed by atoms with Gasteiger partial charge in [0, 0.05) is 12.5 Å². The highest BCUT2D eigenvalue weighted by Gasteiger charge is 2.11. The van der Waals surface area contributed by atoms with Gasteiger partial charge in [0.1, 0.15) is 5.78 Å². The molecule has 0 N–H and O–H groups in total. The molecule has 0 saturated carbocycles. The highest BCUT2D eigenvalue weighted by molar-refractivity contribution is 5.82. The summed E-state index contributed by atoms with van der Waals surface area (Å²) in [6, 6.07) is 0. The van der Waals surface area contributed by atoms with Gasteiger partial charge in [-0.25, -0.2) is 0 Å². The van der Waals surface area contributed by atoms with Crippen molar-refractivity contribution in [3.05, 3.63) is 0 Å². The third kappa shape index (κ3) is 5.81. The molecule has 0 amide bonds. The van der Waals surface area contributed by atoms with Crippen LogP contribution in [0.15, 0.2) is 0 Å². The highest BCUT2D eigenvalue weighted by Crippen LogP contribution is 2.03. The fourth-order valence-electron chi connectivity index (χ4n) is 1.17. The normalized spacial score (nSPS) is 13.8. The number of carbonyl (C=O) groups excluding carboxylic acids is 1. The van der Waals surface area contributed by atoms with E-state index in [1.165, 1.54) is 6.42 Å². The van der Waals surface area contributed by atoms with E-state index in [1.807, 2.05) is 20.9 Å². The van der Waals surface area contributed by atoms with Crippen molar-refractivity contribution in [3.63, 3.8) is 0 Å². The van der Waals surface area contributed by atoms with E-state index in [-0.39, 0.29) is 5.92 Å². The van der Waals surface area contributed by atoms with Gasteiger partial charge >= 0.3 is 0 Å². The topological polar surface area (TPSA) is 20.3 Å². The molecular weight excluding hydrogens is 162 g/mol. The summed E-state index contributed by atoms with van der Waals surface area (Å²) in [7, 11) is 2.02. The number of rotatable bonds is 6. The van der Waals surface area contributed by atoms with Crippen molar-refractivity contribution in [2.45, 2.75) is 34.1 Å². The fourth-order valence-corrected chi connectivity index (χ4v) is 1.17. The van der Waals surface area contributed by atoms with Crippen molar-refractivity contribution in [3.8, 4) is 0 Å². The molecular formula is C11H23NO. The largest absolute Gasteiger partial charge is 0.299 e. The van der Waals surface area contributed by atoms with E-state index in [0.717, 1.165) is 6.54 Å². The van der Waals surface area contributed by atoms with E-state index in [9.17, 15) is 4.79 Å². The Morgan fingerprint density at radius 3 is 2.23 bits per heavy atom. The van der Waals surface area contributed by atoms with Crippen molar-refractivity contribution >= 4 is 5.78 Å². The van der Waals surface area contributed by atoms with Gasteiger partial charge in [0.2, 0.25) is 0 Å². The van der Waals surface area contributed by atoms with Crippen LogP contribution in [-0.2, 0) is 4.79 Å². The first-order chi connectivity index (χ1) is 5.97. The van der Waals surface area contributed by atoms with E-state index < -0.39 is 0 Å². The predicted molar refractivity (Wildman–Crippen MR) is 56.8 cm³/mol. The van der Waals surface area contributed by atoms with Crippen LogP contribution in [0.1, 0.15) is 34.1 Å². The standard InChI is InChI=1S/C11H23NO/c1-6-10(4)7-12(5)8-11(13)9(2)3/h9-10H,6-8H2,1-5H3. The summed E-state index contributed by atoms with van der Waals surface area (Å²) < 4.78 is 0. The van der Waals surface area contributed by atoms with Crippen LogP contribution in [0.5, 0.6) is 0 Å². The van der Waals surface area contributed by atoms with E-state index in [0.29, 0.717) is 18.2 Å². The lowest BCUT2D eigenvalue weighted by molar-refractivity contribution is -0.122. The quantitative estimate of drug-likeness (QED) is 0.632. The van der Waals surface area contributed by atoms with Gasteiger partial charge in [-0.1, -0.05) is 34.1 Å². The Morgan fingerprint density at radius 1 is 1.31 bits per heavy atom. The first-order valence-electron chi connectivity index (χ1n) is 5.18. The van der Waals surface area contributed by atoms with Gasteiger partial charge < -0.3 is 0 Å². The number of likely N-dealkylation sites (N-methyl/N-ethyl adjacent to an activating group) is 1. The van der Waals surface area contributed by atoms with E-state index in [4.69, 9.17) is 0 Å². The summed E-state index contributed by atoms with van der Waals surface area (Å²) >= 11 is 0. The smallest absolute Gasteiger partial charge is 0.149 e. The minimum absolute atomic E-state index is 0.166. The first-order valence-corrected chi connectivity index (χ1v) is 5.18. The number of hydrogen-bond acceptors (Lipinski definition) is 2. The van der Waals surface area contributed by atoms with Gasteiger partial charge in [-0.15, -0.1) is 0 Å². The molecule has 0 aromatic heterocycles. The molecule has 13 heavy (non-hydrogen) atoms. The minimum Gasteiger partial charge on any atom is -0.299 e. The van der Waals surface area contributed by atoms with Crippen LogP contribution < -0.4 is 0 Å². The number of Topliss-reactive ketones (excluding diaryl/α,β-unsaturated/α-hetero) is 1. The van der Waals surface area contributed by atoms with E-state index in [1.54, 1.807) is 0 Å². The lowest BCUT2D eigenvalue weighted by Gasteiger charge is -2.20. The maximum absolute atomic E-state index is 11.4. The van der Waals surface area contributed by atoms with Crippen LogP contribution in [0.25, 0.3) is 0 Å². The summed E-state index contributed by atoms with van der Waals surface area (Å²) in [6.07, 6.45) is 1.18. The maximum atomic E-state index is 11.4. The second-order valence-electron chi connectivity index (χ2n) is 4.33. The van der Waals surface area contributed by atoms with Crippen LogP contribution in [0.4, 0.5) is 0 Å². The number of hydrogen-bond donors (Lipinski definition) is 0. The summed E-state index contributed by atoms with van der Waals surface area (Å²) in [5.41, 5.74) is 0. The van der Waals surface area contributed by atoms with Crippen LogP contribution in [-0.4, -0.2) is 30.8 Å². The van der Waals surface area contributed by atoms with Gasteiger partial charge in [0.25, 0.3) is 0 Å². The fraction of sp³-hybridized carbons (Fsp3) is 0.909. The minimum atomic E-state index is 0.166. The molecule has 0 saturated heterocycles. The highest BCUT2D eigenvalue weighted by atomic mass is 16.1. The lowest BCUT2D eigenvalue weighted by atomic mass is 10.1. The second-order valence-corrected chi connectivity index (χ2v) is 4.33. The Bertz CT molecular complexity index is 154. The molecule has 0 aliphatic carbocycles. The third-order valence-electron chi connectivity index (χ3n) is 2.39. The molecule has 0 aliphatic rings. The predicted octanol–water partition coefficient (Wildman–Crippen LogP) is 2.19. The van der Waals surface area contributed by atoms with Crippen molar-refractivity contribution in [2.24, 2.45) is 11.8 Å². The maximum Gasteiger partial charge on any atom is 0.149 e. The summed E-state index contributed by atoms with van der Waals surface area (Å²) in [6.45, 7) is 9.94. The molecule has 2 nitrogen and oxygen atoms in total. The molecule has 0 aliphatic heterocycles. The molecule has 0 aromatic carbocycles. The second kappa shape index (κ2) is 6.14. The Hall–Kier alpha value is -0.370. The van der Waals surface area contributed by atoms with E-state index in [2.05, 4.69) is 18.7 Å². The number of carbonyl (C=O) groups is 1. The molecule has 0 bridgehead atoms. The van der Waals surface area contributed by atoms with E-state index >= 15 is 0 Å². The molecule has 0 spiro atoms. The molecule has 1 unspecified atom stereocenters. The molecule has 0 fully saturated rings. The van der Waals surface area contributed by atoms with Gasteiger partial charge in [-0.2, -0.15) is 0 Å². The zero-order chi connectivity index (χ0) is 10.4. The van der Waals surface area contributed by atoms with Crippen LogP contribution in [0.2, 0.25) is 0 Å². The Balaban J connectivity index is 3.74. The van der Waals surface area contributed by atoms with Crippen LogP contribution in [0.3, 0.4) is 0 Å². The van der Waals surface area contributed by atoms with Gasteiger partial charge in [0.05, 0.1) is 6.54 Å². The van der Waals surface area contributed by atoms with Crippen LogP contribution in [0, 0.1) is 11.8 Å². The average Bonchev–Trinajstić information content (AvgIpc) is 2.03. The molecule has 1 atom stereocenters. The van der Waals surface area contributed by atoms with Crippen molar-refractivity contribution in [1.29, 1.82) is 0 Å². The van der Waals surface area contributed by atoms with Gasteiger partial charge in [-0.3, -0.25) is 9.69 Å². The van der Waals surface area contributed by atoms with Crippen molar-refractivity contribution in [2.75, 3.05) is 20.1 Å². The Labute approximate surface area is 82.3 Å². The Kier molecular flexibility index (Phi) is 5.97. The molecule has 0 aromatic rings. The van der Waals surface area contributed by atoms with Gasteiger partial charge in [-0.05, 0) is 13.0 Å². The molecule has 78 valence electrons. The zero-order valence-electron chi connectivity index (χ0n) is 9.63. The first kappa shape index (κ1) is 12.6. The summed E-state index contributed by atoms with van der Waals surface area (Å²) in [4.78, 5) is 13.5. The molecule has 0 radical (unpaired) electrons. The monoisotopic (exact) mass is 185 g/mol.